The van der Waals surface area contributed by atoms with Crippen molar-refractivity contribution < 1.29 is 4.57 Å². The van der Waals surface area contributed by atoms with E-state index in [0.717, 1.165) is 0 Å². The summed E-state index contributed by atoms with van der Waals surface area (Å²) in [6.07, 6.45) is 41.5. The third kappa shape index (κ3) is 18.5. The second-order valence-corrected chi connectivity index (χ2v) is 11.6. The fourth-order valence-corrected chi connectivity index (χ4v) is 5.62. The van der Waals surface area contributed by atoms with Crippen LogP contribution in [0.5, 0.6) is 0 Å². The van der Waals surface area contributed by atoms with E-state index in [4.69, 9.17) is 0 Å². The average Bonchev–Trinajstić information content (AvgIpc) is 3.27. The van der Waals surface area contributed by atoms with Crippen molar-refractivity contribution in [2.45, 2.75) is 201 Å². The summed E-state index contributed by atoms with van der Waals surface area (Å²) in [6.45, 7) is 9.38. The molecule has 0 saturated carbocycles. The van der Waals surface area contributed by atoms with Gasteiger partial charge in [-0.25, -0.2) is 9.13 Å². The number of imidazole rings is 1. The van der Waals surface area contributed by atoms with Gasteiger partial charge in [0, 0.05) is 6.42 Å². The topological polar surface area (TPSA) is 8.81 Å². The first-order valence-corrected chi connectivity index (χ1v) is 16.9. The van der Waals surface area contributed by atoms with Crippen LogP contribution in [0.3, 0.4) is 0 Å². The van der Waals surface area contributed by atoms with Crippen molar-refractivity contribution >= 4 is 0 Å². The number of hydrogen-bond acceptors (Lipinski definition) is 0. The maximum absolute atomic E-state index is 2.61. The van der Waals surface area contributed by atoms with Gasteiger partial charge in [-0.05, 0) is 32.1 Å². The molecule has 0 N–H and O–H groups in total. The minimum Gasteiger partial charge on any atom is -0.234 e. The molecule has 0 spiro atoms. The predicted molar refractivity (Wildman–Crippen MR) is 161 cm³/mol. The van der Waals surface area contributed by atoms with Crippen molar-refractivity contribution in [3.05, 3.63) is 18.2 Å². The van der Waals surface area contributed by atoms with Crippen LogP contribution < -0.4 is 4.57 Å². The number of unbranched alkanes of at least 4 members (excludes halogenated alkanes) is 22. The van der Waals surface area contributed by atoms with E-state index in [-0.39, 0.29) is 0 Å². The number of aryl methyl sites for hydroxylation is 2. The van der Waals surface area contributed by atoms with Crippen LogP contribution in [0.25, 0.3) is 0 Å². The first kappa shape index (κ1) is 33.2. The summed E-state index contributed by atoms with van der Waals surface area (Å²) in [4.78, 5) is 0. The van der Waals surface area contributed by atoms with Crippen LogP contribution >= 0.6 is 0 Å². The van der Waals surface area contributed by atoms with Crippen LogP contribution in [-0.4, -0.2) is 4.57 Å². The van der Waals surface area contributed by atoms with E-state index in [1.807, 2.05) is 0 Å². The fourth-order valence-electron chi connectivity index (χ4n) is 5.62. The number of rotatable bonds is 28. The maximum atomic E-state index is 2.61. The molecule has 0 aromatic carbocycles. The SMILES string of the molecule is CCCCCCCCCCCCCc1n(CCCCCC)cc[n+]1CCCCCCCCCCCC. The minimum absolute atomic E-state index is 1.22. The Labute approximate surface area is 228 Å². The van der Waals surface area contributed by atoms with Gasteiger partial charge in [0.15, 0.2) is 0 Å². The van der Waals surface area contributed by atoms with Crippen LogP contribution in [0.1, 0.15) is 187 Å². The Morgan fingerprint density at radius 1 is 0.472 bits per heavy atom. The lowest BCUT2D eigenvalue weighted by molar-refractivity contribution is -0.704. The molecule has 0 fully saturated rings. The lowest BCUT2D eigenvalue weighted by Gasteiger charge is -2.07. The molecule has 0 unspecified atom stereocenters. The molecule has 2 heteroatoms. The lowest BCUT2D eigenvalue weighted by atomic mass is 10.1. The largest absolute Gasteiger partial charge is 0.256 e. The van der Waals surface area contributed by atoms with Gasteiger partial charge in [-0.3, -0.25) is 0 Å². The lowest BCUT2D eigenvalue weighted by Crippen LogP contribution is -2.37. The van der Waals surface area contributed by atoms with Gasteiger partial charge < -0.3 is 0 Å². The Morgan fingerprint density at radius 3 is 1.33 bits per heavy atom. The van der Waals surface area contributed by atoms with Gasteiger partial charge in [-0.15, -0.1) is 0 Å². The van der Waals surface area contributed by atoms with E-state index < -0.39 is 0 Å². The fraction of sp³-hybridized carbons (Fsp3) is 0.912. The van der Waals surface area contributed by atoms with E-state index in [0.29, 0.717) is 0 Å². The van der Waals surface area contributed by atoms with Crippen molar-refractivity contribution in [3.63, 3.8) is 0 Å². The summed E-state index contributed by atoms with van der Waals surface area (Å²) >= 11 is 0. The van der Waals surface area contributed by atoms with Crippen LogP contribution in [0.15, 0.2) is 12.4 Å². The molecule has 1 rings (SSSR count). The monoisotopic (exact) mass is 504 g/mol. The van der Waals surface area contributed by atoms with E-state index in [9.17, 15) is 0 Å². The molecule has 2 nitrogen and oxygen atoms in total. The molecule has 0 aliphatic carbocycles. The molecule has 0 saturated heterocycles. The molecular formula is C34H67N2+. The molecule has 0 bridgehead atoms. The van der Waals surface area contributed by atoms with Crippen molar-refractivity contribution in [2.75, 3.05) is 0 Å². The van der Waals surface area contributed by atoms with Crippen LogP contribution in [0.4, 0.5) is 0 Å². The first-order valence-electron chi connectivity index (χ1n) is 16.9. The third-order valence-electron chi connectivity index (χ3n) is 8.10. The highest BCUT2D eigenvalue weighted by atomic mass is 15.1. The second kappa shape index (κ2) is 25.8. The predicted octanol–water partition coefficient (Wildman–Crippen LogP) is 11.1. The Balaban J connectivity index is 2.27. The molecule has 0 atom stereocenters. The summed E-state index contributed by atoms with van der Waals surface area (Å²) < 4.78 is 5.21. The smallest absolute Gasteiger partial charge is 0.234 e. The van der Waals surface area contributed by atoms with Crippen molar-refractivity contribution in [3.8, 4) is 0 Å². The maximum Gasteiger partial charge on any atom is 0.256 e. The Kier molecular flexibility index (Phi) is 23.9. The van der Waals surface area contributed by atoms with Gasteiger partial charge in [0.25, 0.3) is 5.82 Å². The number of nitrogens with zero attached hydrogens (tertiary/aromatic N) is 2. The summed E-state index contributed by atoms with van der Waals surface area (Å²) in [5.41, 5.74) is 0. The van der Waals surface area contributed by atoms with Crippen LogP contribution in [-0.2, 0) is 19.5 Å². The number of hydrogen-bond donors (Lipinski definition) is 0. The minimum atomic E-state index is 1.22. The first-order chi connectivity index (χ1) is 17.8. The molecule has 0 aliphatic heterocycles. The zero-order valence-electron chi connectivity index (χ0n) is 25.3. The molecule has 0 amide bonds. The van der Waals surface area contributed by atoms with Gasteiger partial charge in [0.2, 0.25) is 0 Å². The molecule has 212 valence electrons. The normalized spacial score (nSPS) is 11.5. The highest BCUT2D eigenvalue weighted by Crippen LogP contribution is 2.14. The average molecular weight is 504 g/mol. The quantitative estimate of drug-likeness (QED) is 0.0794. The second-order valence-electron chi connectivity index (χ2n) is 11.6. The van der Waals surface area contributed by atoms with Crippen molar-refractivity contribution in [2.24, 2.45) is 0 Å². The van der Waals surface area contributed by atoms with Gasteiger partial charge in [0.1, 0.15) is 12.4 Å². The van der Waals surface area contributed by atoms with Gasteiger partial charge >= 0.3 is 0 Å². The molecule has 0 radical (unpaired) electrons. The standard InChI is InChI=1S/C34H67N2/c1-4-7-10-13-15-17-19-20-22-24-26-29-34-35(30-27-12-9-6-3)32-33-36(34)31-28-25-23-21-18-16-14-11-8-5-2/h32-33H,4-31H2,1-3H3/q+1. The van der Waals surface area contributed by atoms with E-state index in [1.165, 1.54) is 180 Å². The molecule has 1 aromatic heterocycles. The van der Waals surface area contributed by atoms with E-state index in [1.54, 1.807) is 5.82 Å². The van der Waals surface area contributed by atoms with Crippen LogP contribution in [0.2, 0.25) is 0 Å². The molecule has 0 aliphatic rings. The zero-order chi connectivity index (χ0) is 25.9. The summed E-state index contributed by atoms with van der Waals surface area (Å²) in [5, 5.41) is 0. The van der Waals surface area contributed by atoms with Gasteiger partial charge in [-0.2, -0.15) is 0 Å². The molecule has 1 aromatic rings. The summed E-state index contributed by atoms with van der Waals surface area (Å²) in [5.74, 6) is 1.61. The van der Waals surface area contributed by atoms with Gasteiger partial charge in [-0.1, -0.05) is 149 Å². The van der Waals surface area contributed by atoms with Gasteiger partial charge in [0.05, 0.1) is 13.1 Å². The Bertz CT molecular complexity index is 562. The molecule has 36 heavy (non-hydrogen) atoms. The van der Waals surface area contributed by atoms with Crippen molar-refractivity contribution in [1.29, 1.82) is 0 Å². The van der Waals surface area contributed by atoms with Crippen molar-refractivity contribution in [1.82, 2.24) is 4.57 Å². The number of aromatic nitrogens is 2. The summed E-state index contributed by atoms with van der Waals surface area (Å²) in [6, 6.07) is 0. The van der Waals surface area contributed by atoms with Crippen LogP contribution in [0, 0.1) is 0 Å². The van der Waals surface area contributed by atoms with E-state index >= 15 is 0 Å². The van der Waals surface area contributed by atoms with E-state index in [2.05, 4.69) is 42.3 Å². The Morgan fingerprint density at radius 2 is 0.861 bits per heavy atom. The highest BCUT2D eigenvalue weighted by molar-refractivity contribution is 4.84. The molecular weight excluding hydrogens is 436 g/mol. The summed E-state index contributed by atoms with van der Waals surface area (Å²) in [7, 11) is 0. The third-order valence-corrected chi connectivity index (χ3v) is 8.10. The zero-order valence-corrected chi connectivity index (χ0v) is 25.3. The molecule has 1 heterocycles. The Hall–Kier alpha value is -0.790. The highest BCUT2D eigenvalue weighted by Gasteiger charge is 2.16.